The van der Waals surface area contributed by atoms with E-state index in [4.69, 9.17) is 0 Å². The summed E-state index contributed by atoms with van der Waals surface area (Å²) >= 11 is 0. The van der Waals surface area contributed by atoms with Crippen LogP contribution in [0.1, 0.15) is 56.1 Å². The van der Waals surface area contributed by atoms with Crippen LogP contribution in [-0.2, 0) is 21.5 Å². The summed E-state index contributed by atoms with van der Waals surface area (Å²) in [5.41, 5.74) is 0.775. The van der Waals surface area contributed by atoms with E-state index in [-0.39, 0.29) is 23.7 Å². The lowest BCUT2D eigenvalue weighted by Gasteiger charge is -2.56. The molecule has 1 atom stereocenters. The van der Waals surface area contributed by atoms with Crippen LogP contribution < -0.4 is 5.32 Å². The molecule has 5 nitrogen and oxygen atoms in total. The number of urea groups is 1. The molecule has 0 radical (unpaired) electrons. The zero-order chi connectivity index (χ0) is 19.1. The molecule has 5 aliphatic carbocycles. The zero-order valence-corrected chi connectivity index (χ0v) is 16.1. The lowest BCUT2D eigenvalue weighted by molar-refractivity contribution is -0.147. The van der Waals surface area contributed by atoms with Gasteiger partial charge < -0.3 is 5.32 Å². The Labute approximate surface area is 164 Å². The van der Waals surface area contributed by atoms with Crippen molar-refractivity contribution in [1.29, 1.82) is 0 Å². The van der Waals surface area contributed by atoms with Crippen LogP contribution in [0.5, 0.6) is 0 Å². The van der Waals surface area contributed by atoms with E-state index < -0.39 is 11.6 Å². The SMILES string of the molecule is O=C1NC2(CCc3ccccc32)C(=O)N1CC(=O)C12CC3CC(CC(C3)C1)C2. The first kappa shape index (κ1) is 16.8. The van der Waals surface area contributed by atoms with E-state index >= 15 is 0 Å². The Hall–Kier alpha value is -2.17. The number of nitrogens with one attached hydrogen (secondary N) is 1. The predicted octanol–water partition coefficient (Wildman–Crippen LogP) is 3.17. The molecule has 1 aromatic rings. The number of imide groups is 1. The van der Waals surface area contributed by atoms with Gasteiger partial charge in [0.05, 0.1) is 6.54 Å². The minimum Gasteiger partial charge on any atom is -0.319 e. The van der Waals surface area contributed by atoms with Crippen molar-refractivity contribution in [3.8, 4) is 0 Å². The minimum atomic E-state index is -0.963. The van der Waals surface area contributed by atoms with Crippen LogP contribution in [-0.4, -0.2) is 29.2 Å². The first-order valence-corrected chi connectivity index (χ1v) is 10.7. The third-order valence-corrected chi connectivity index (χ3v) is 8.35. The minimum absolute atomic E-state index is 0.0548. The number of nitrogens with zero attached hydrogens (tertiary/aromatic N) is 1. The van der Waals surface area contributed by atoms with Gasteiger partial charge in [0.15, 0.2) is 5.78 Å². The van der Waals surface area contributed by atoms with Gasteiger partial charge in [-0.2, -0.15) is 0 Å². The number of ketones is 1. The van der Waals surface area contributed by atoms with E-state index in [9.17, 15) is 14.4 Å². The molecule has 3 amide bonds. The van der Waals surface area contributed by atoms with Gasteiger partial charge >= 0.3 is 6.03 Å². The molecule has 146 valence electrons. The number of rotatable bonds is 3. The molecule has 5 heteroatoms. The van der Waals surface area contributed by atoms with Crippen molar-refractivity contribution in [1.82, 2.24) is 10.2 Å². The summed E-state index contributed by atoms with van der Waals surface area (Å²) in [6, 6.07) is 7.43. The van der Waals surface area contributed by atoms with E-state index in [1.807, 2.05) is 24.3 Å². The van der Waals surface area contributed by atoms with Crippen LogP contribution in [0.4, 0.5) is 4.79 Å². The Bertz CT molecular complexity index is 872. The first-order valence-electron chi connectivity index (χ1n) is 10.7. The van der Waals surface area contributed by atoms with Crippen molar-refractivity contribution in [3.63, 3.8) is 0 Å². The van der Waals surface area contributed by atoms with E-state index in [0.717, 1.165) is 36.8 Å². The van der Waals surface area contributed by atoms with Crippen LogP contribution in [0.3, 0.4) is 0 Å². The molecule has 1 aromatic carbocycles. The monoisotopic (exact) mass is 378 g/mol. The highest BCUT2D eigenvalue weighted by atomic mass is 16.2. The summed E-state index contributed by atoms with van der Waals surface area (Å²) in [7, 11) is 0. The highest BCUT2D eigenvalue weighted by Gasteiger charge is 2.58. The molecular formula is C23H26N2O3. The molecule has 4 bridgehead atoms. The zero-order valence-electron chi connectivity index (χ0n) is 16.1. The van der Waals surface area contributed by atoms with Crippen molar-refractivity contribution in [3.05, 3.63) is 35.4 Å². The highest BCUT2D eigenvalue weighted by Crippen LogP contribution is 2.60. The van der Waals surface area contributed by atoms with Crippen LogP contribution in [0.25, 0.3) is 0 Å². The van der Waals surface area contributed by atoms with Crippen LogP contribution in [0.15, 0.2) is 24.3 Å². The van der Waals surface area contributed by atoms with Crippen molar-refractivity contribution < 1.29 is 14.4 Å². The number of carbonyl (C=O) groups excluding carboxylic acids is 3. The molecule has 1 saturated heterocycles. The van der Waals surface area contributed by atoms with Gasteiger partial charge in [-0.25, -0.2) is 4.79 Å². The maximum Gasteiger partial charge on any atom is 0.325 e. The van der Waals surface area contributed by atoms with Crippen LogP contribution in [0.2, 0.25) is 0 Å². The number of carbonyl (C=O) groups is 3. The van der Waals surface area contributed by atoms with E-state index in [1.54, 1.807) is 0 Å². The average molecular weight is 378 g/mol. The van der Waals surface area contributed by atoms with Gasteiger partial charge in [-0.15, -0.1) is 0 Å². The maximum atomic E-state index is 13.4. The van der Waals surface area contributed by atoms with Crippen molar-refractivity contribution in [2.75, 3.05) is 6.54 Å². The molecule has 0 aromatic heterocycles. The van der Waals surface area contributed by atoms with E-state index in [1.165, 1.54) is 24.2 Å². The fraction of sp³-hybridized carbons (Fsp3) is 0.609. The first-order chi connectivity index (χ1) is 13.5. The summed E-state index contributed by atoms with van der Waals surface area (Å²) in [6.07, 6.45) is 8.08. The summed E-state index contributed by atoms with van der Waals surface area (Å²) in [6.45, 7) is -0.0548. The summed E-state index contributed by atoms with van der Waals surface area (Å²) in [5, 5.41) is 2.95. The van der Waals surface area contributed by atoms with Gasteiger partial charge in [0.25, 0.3) is 5.91 Å². The summed E-state index contributed by atoms with van der Waals surface area (Å²) in [5.74, 6) is 1.91. The molecule has 1 N–H and O–H groups in total. The standard InChI is InChI=1S/C23H26N2O3/c26-19(22-10-14-7-15(11-22)9-16(8-14)12-22)13-25-20(27)23(24-21(25)28)6-5-17-3-1-2-4-18(17)23/h1-4,14-16H,5-13H2,(H,24,28). The van der Waals surface area contributed by atoms with Crippen LogP contribution in [0, 0.1) is 23.2 Å². The predicted molar refractivity (Wildman–Crippen MR) is 102 cm³/mol. The van der Waals surface area contributed by atoms with Gasteiger partial charge in [-0.3, -0.25) is 14.5 Å². The van der Waals surface area contributed by atoms with Gasteiger partial charge in [-0.05, 0) is 80.2 Å². The Morgan fingerprint density at radius 3 is 2.36 bits per heavy atom. The number of hydrogen-bond donors (Lipinski definition) is 1. The average Bonchev–Trinajstić information content (AvgIpc) is 3.14. The second kappa shape index (κ2) is 5.46. The molecule has 7 rings (SSSR count). The second-order valence-electron chi connectivity index (χ2n) is 10.0. The van der Waals surface area contributed by atoms with Crippen molar-refractivity contribution in [2.45, 2.75) is 56.9 Å². The molecule has 1 unspecified atom stereocenters. The number of fused-ring (bicyclic) bond motifs is 2. The summed E-state index contributed by atoms with van der Waals surface area (Å²) in [4.78, 5) is 40.7. The topological polar surface area (TPSA) is 66.5 Å². The number of amides is 3. The molecule has 5 fully saturated rings. The molecule has 4 saturated carbocycles. The van der Waals surface area contributed by atoms with Gasteiger partial charge in [0.1, 0.15) is 5.54 Å². The third-order valence-electron chi connectivity index (χ3n) is 8.35. The number of hydrogen-bond acceptors (Lipinski definition) is 3. The quantitative estimate of drug-likeness (QED) is 0.822. The Morgan fingerprint density at radius 1 is 1.04 bits per heavy atom. The van der Waals surface area contributed by atoms with Crippen molar-refractivity contribution in [2.24, 2.45) is 23.2 Å². The number of benzene rings is 1. The number of aryl methyl sites for hydroxylation is 1. The lowest BCUT2D eigenvalue weighted by atomic mass is 9.48. The number of Topliss-reactive ketones (excluding diaryl/α,β-unsaturated/α-hetero) is 1. The molecule has 28 heavy (non-hydrogen) atoms. The molecular weight excluding hydrogens is 352 g/mol. The van der Waals surface area contributed by atoms with Crippen molar-refractivity contribution >= 4 is 17.7 Å². The fourth-order valence-electron chi connectivity index (χ4n) is 7.50. The molecule has 1 spiro atoms. The second-order valence-corrected chi connectivity index (χ2v) is 10.0. The largest absolute Gasteiger partial charge is 0.325 e. The van der Waals surface area contributed by atoms with E-state index in [0.29, 0.717) is 24.2 Å². The molecule has 1 aliphatic heterocycles. The Kier molecular flexibility index (Phi) is 3.27. The molecule has 6 aliphatic rings. The molecule has 1 heterocycles. The van der Waals surface area contributed by atoms with Gasteiger partial charge in [0.2, 0.25) is 0 Å². The maximum absolute atomic E-state index is 13.4. The third kappa shape index (κ3) is 2.10. The van der Waals surface area contributed by atoms with Gasteiger partial charge in [0, 0.05) is 5.41 Å². The van der Waals surface area contributed by atoms with E-state index in [2.05, 4.69) is 5.32 Å². The summed E-state index contributed by atoms with van der Waals surface area (Å²) < 4.78 is 0. The van der Waals surface area contributed by atoms with Gasteiger partial charge in [-0.1, -0.05) is 24.3 Å². The Morgan fingerprint density at radius 2 is 1.68 bits per heavy atom. The Balaban J connectivity index is 1.27. The lowest BCUT2D eigenvalue weighted by Crippen LogP contribution is -2.53. The fourth-order valence-corrected chi connectivity index (χ4v) is 7.50. The normalized spacial score (nSPS) is 40.3. The van der Waals surface area contributed by atoms with Crippen LogP contribution >= 0.6 is 0 Å². The highest BCUT2D eigenvalue weighted by molar-refractivity contribution is 6.10. The smallest absolute Gasteiger partial charge is 0.319 e.